The molecule has 1 saturated heterocycles. The van der Waals surface area contributed by atoms with Crippen LogP contribution in [0.1, 0.15) is 38.6 Å². The van der Waals surface area contributed by atoms with Gasteiger partial charge in [0, 0.05) is 19.1 Å². The lowest BCUT2D eigenvalue weighted by Crippen LogP contribution is -2.42. The monoisotopic (exact) mass is 283 g/mol. The molecule has 1 aromatic rings. The number of hydrogen-bond donors (Lipinski definition) is 0. The molecule has 1 atom stereocenters. The molecule has 1 fully saturated rings. The quantitative estimate of drug-likeness (QED) is 0.745. The number of carbonyl (C=O) groups excluding carboxylic acids is 1. The standard InChI is InChI=1S/C13H21N3O4/c1-4-18-12(17)7-11-14-13(15-20-11)10-8-16(9(2)3)5-6-19-10/h9-10H,4-8H2,1-3H3. The minimum absolute atomic E-state index is 0.00144. The molecule has 1 aromatic heterocycles. The van der Waals surface area contributed by atoms with E-state index in [4.69, 9.17) is 14.0 Å². The summed E-state index contributed by atoms with van der Waals surface area (Å²) in [6.07, 6.45) is -0.201. The highest BCUT2D eigenvalue weighted by Crippen LogP contribution is 2.21. The van der Waals surface area contributed by atoms with Crippen molar-refractivity contribution >= 4 is 5.97 Å². The van der Waals surface area contributed by atoms with Crippen molar-refractivity contribution in [2.45, 2.75) is 39.3 Å². The summed E-state index contributed by atoms with van der Waals surface area (Å²) in [6, 6.07) is 0.451. The van der Waals surface area contributed by atoms with E-state index >= 15 is 0 Å². The molecule has 0 N–H and O–H groups in total. The predicted octanol–water partition coefficient (Wildman–Crippen LogP) is 0.957. The number of hydrogen-bond acceptors (Lipinski definition) is 7. The van der Waals surface area contributed by atoms with E-state index in [1.165, 1.54) is 0 Å². The van der Waals surface area contributed by atoms with Crippen molar-refractivity contribution in [1.82, 2.24) is 15.0 Å². The molecule has 2 heterocycles. The Morgan fingerprint density at radius 1 is 1.55 bits per heavy atom. The zero-order valence-electron chi connectivity index (χ0n) is 12.2. The van der Waals surface area contributed by atoms with Crippen LogP contribution in [-0.2, 0) is 20.7 Å². The average molecular weight is 283 g/mol. The van der Waals surface area contributed by atoms with E-state index in [1.54, 1.807) is 6.92 Å². The van der Waals surface area contributed by atoms with Gasteiger partial charge in [0.1, 0.15) is 12.5 Å². The summed E-state index contributed by atoms with van der Waals surface area (Å²) >= 11 is 0. The van der Waals surface area contributed by atoms with Crippen LogP contribution in [0.3, 0.4) is 0 Å². The molecular weight excluding hydrogens is 262 g/mol. The molecule has 2 rings (SSSR count). The van der Waals surface area contributed by atoms with Gasteiger partial charge in [0.15, 0.2) is 0 Å². The minimum Gasteiger partial charge on any atom is -0.466 e. The third-order valence-electron chi connectivity index (χ3n) is 3.20. The molecule has 20 heavy (non-hydrogen) atoms. The van der Waals surface area contributed by atoms with Crippen molar-refractivity contribution in [3.8, 4) is 0 Å². The molecule has 112 valence electrons. The molecule has 0 saturated carbocycles. The van der Waals surface area contributed by atoms with Crippen LogP contribution in [0, 0.1) is 0 Å². The largest absolute Gasteiger partial charge is 0.466 e. The molecule has 0 bridgehead atoms. The summed E-state index contributed by atoms with van der Waals surface area (Å²) < 4.78 is 15.6. The van der Waals surface area contributed by atoms with Gasteiger partial charge in [0.05, 0.1) is 13.2 Å². The van der Waals surface area contributed by atoms with Gasteiger partial charge >= 0.3 is 5.97 Å². The van der Waals surface area contributed by atoms with Crippen LogP contribution < -0.4 is 0 Å². The summed E-state index contributed by atoms with van der Waals surface area (Å²) in [4.78, 5) is 17.9. The molecule has 0 amide bonds. The third-order valence-corrected chi connectivity index (χ3v) is 3.20. The lowest BCUT2D eigenvalue weighted by molar-refractivity contribution is -0.142. The summed E-state index contributed by atoms with van der Waals surface area (Å²) in [5.41, 5.74) is 0. The molecule has 1 unspecified atom stereocenters. The highest BCUT2D eigenvalue weighted by Gasteiger charge is 2.27. The summed E-state index contributed by atoms with van der Waals surface area (Å²) in [6.45, 7) is 8.67. The molecule has 1 aliphatic heterocycles. The van der Waals surface area contributed by atoms with Gasteiger partial charge in [-0.15, -0.1) is 0 Å². The van der Waals surface area contributed by atoms with E-state index in [2.05, 4.69) is 28.9 Å². The lowest BCUT2D eigenvalue weighted by atomic mass is 10.2. The maximum absolute atomic E-state index is 11.3. The smallest absolute Gasteiger partial charge is 0.315 e. The Morgan fingerprint density at radius 3 is 3.05 bits per heavy atom. The normalized spacial score (nSPS) is 20.3. The molecule has 1 aliphatic rings. The van der Waals surface area contributed by atoms with Gasteiger partial charge < -0.3 is 14.0 Å². The number of rotatable bonds is 5. The molecule has 0 spiro atoms. The van der Waals surface area contributed by atoms with Crippen LogP contribution in [0.25, 0.3) is 0 Å². The number of morpholine rings is 1. The van der Waals surface area contributed by atoms with Gasteiger partial charge in [-0.05, 0) is 20.8 Å². The number of esters is 1. The Hall–Kier alpha value is -1.47. The van der Waals surface area contributed by atoms with Crippen molar-refractivity contribution in [3.05, 3.63) is 11.7 Å². The summed E-state index contributed by atoms with van der Waals surface area (Å²) in [7, 11) is 0. The highest BCUT2D eigenvalue weighted by atomic mass is 16.5. The first-order chi connectivity index (χ1) is 9.60. The molecule has 7 nitrogen and oxygen atoms in total. The van der Waals surface area contributed by atoms with Gasteiger partial charge in [0.2, 0.25) is 11.7 Å². The second-order valence-electron chi connectivity index (χ2n) is 4.98. The Labute approximate surface area is 118 Å². The lowest BCUT2D eigenvalue weighted by Gasteiger charge is -2.34. The first-order valence-corrected chi connectivity index (χ1v) is 6.94. The Balaban J connectivity index is 1.96. The number of carbonyl (C=O) groups is 1. The molecule has 7 heteroatoms. The maximum Gasteiger partial charge on any atom is 0.315 e. The van der Waals surface area contributed by atoms with Crippen LogP contribution >= 0.6 is 0 Å². The Kier molecular flexibility index (Phi) is 5.08. The van der Waals surface area contributed by atoms with Crippen molar-refractivity contribution in [1.29, 1.82) is 0 Å². The second-order valence-corrected chi connectivity index (χ2v) is 4.98. The van der Waals surface area contributed by atoms with E-state index in [1.807, 2.05) is 0 Å². The van der Waals surface area contributed by atoms with Gasteiger partial charge in [-0.25, -0.2) is 0 Å². The SMILES string of the molecule is CCOC(=O)Cc1nc(C2CN(C(C)C)CCO2)no1. The fraction of sp³-hybridized carbons (Fsp3) is 0.769. The first kappa shape index (κ1) is 14.9. The average Bonchev–Trinajstić information content (AvgIpc) is 2.87. The van der Waals surface area contributed by atoms with Gasteiger partial charge in [-0.1, -0.05) is 5.16 Å². The van der Waals surface area contributed by atoms with Crippen molar-refractivity contribution < 1.29 is 18.8 Å². The topological polar surface area (TPSA) is 77.7 Å². The van der Waals surface area contributed by atoms with E-state index in [-0.39, 0.29) is 24.4 Å². The molecule has 0 aromatic carbocycles. The van der Waals surface area contributed by atoms with Gasteiger partial charge in [-0.2, -0.15) is 4.98 Å². The minimum atomic E-state index is -0.365. The zero-order chi connectivity index (χ0) is 14.5. The van der Waals surface area contributed by atoms with Crippen LogP contribution in [0.5, 0.6) is 0 Å². The summed E-state index contributed by atoms with van der Waals surface area (Å²) in [5.74, 6) is 0.398. The third kappa shape index (κ3) is 3.77. The van der Waals surface area contributed by atoms with Crippen LogP contribution in [0.4, 0.5) is 0 Å². The second kappa shape index (κ2) is 6.81. The van der Waals surface area contributed by atoms with Gasteiger partial charge in [-0.3, -0.25) is 9.69 Å². The first-order valence-electron chi connectivity index (χ1n) is 6.94. The fourth-order valence-electron chi connectivity index (χ4n) is 2.10. The molecular formula is C13H21N3O4. The summed E-state index contributed by atoms with van der Waals surface area (Å²) in [5, 5.41) is 3.90. The number of aromatic nitrogens is 2. The Bertz CT molecular complexity index is 447. The van der Waals surface area contributed by atoms with E-state index < -0.39 is 0 Å². The predicted molar refractivity (Wildman–Crippen MR) is 70.0 cm³/mol. The van der Waals surface area contributed by atoms with Crippen molar-refractivity contribution in [2.24, 2.45) is 0 Å². The Morgan fingerprint density at radius 2 is 2.35 bits per heavy atom. The number of ether oxygens (including phenoxy) is 2. The van der Waals surface area contributed by atoms with E-state index in [0.29, 0.717) is 25.1 Å². The van der Waals surface area contributed by atoms with Gasteiger partial charge in [0.25, 0.3) is 0 Å². The zero-order valence-corrected chi connectivity index (χ0v) is 12.2. The number of nitrogens with zero attached hydrogens (tertiary/aromatic N) is 3. The maximum atomic E-state index is 11.3. The van der Waals surface area contributed by atoms with E-state index in [0.717, 1.165) is 13.1 Å². The highest BCUT2D eigenvalue weighted by molar-refractivity contribution is 5.71. The van der Waals surface area contributed by atoms with Crippen LogP contribution in [0.2, 0.25) is 0 Å². The molecule has 0 radical (unpaired) electrons. The van der Waals surface area contributed by atoms with Crippen molar-refractivity contribution in [3.63, 3.8) is 0 Å². The van der Waals surface area contributed by atoms with Crippen LogP contribution in [0.15, 0.2) is 4.52 Å². The van der Waals surface area contributed by atoms with Crippen molar-refractivity contribution in [2.75, 3.05) is 26.3 Å². The fourth-order valence-corrected chi connectivity index (χ4v) is 2.10. The van der Waals surface area contributed by atoms with E-state index in [9.17, 15) is 4.79 Å². The molecule has 0 aliphatic carbocycles. The van der Waals surface area contributed by atoms with Crippen LogP contribution in [-0.4, -0.2) is 53.4 Å².